The van der Waals surface area contributed by atoms with Gasteiger partial charge in [0, 0.05) is 5.39 Å². The van der Waals surface area contributed by atoms with Crippen molar-refractivity contribution in [3.8, 4) is 0 Å². The number of nitrogens with one attached hydrogen (secondary N) is 1. The van der Waals surface area contributed by atoms with Crippen LogP contribution in [0.4, 0.5) is 0 Å². The molecule has 1 N–H and O–H groups in total. The van der Waals surface area contributed by atoms with E-state index >= 15 is 0 Å². The lowest BCUT2D eigenvalue weighted by Gasteiger charge is -2.07. The van der Waals surface area contributed by atoms with Crippen LogP contribution in [0, 0.1) is 5.92 Å². The summed E-state index contributed by atoms with van der Waals surface area (Å²) in [6.07, 6.45) is 0.0595. The molecule has 2 aromatic rings. The Kier molecular flexibility index (Phi) is 3.94. The van der Waals surface area contributed by atoms with E-state index in [1.54, 1.807) is 18.2 Å². The third-order valence-corrected chi connectivity index (χ3v) is 2.66. The third kappa shape index (κ3) is 3.19. The SMILES string of the molecule is CC(C)COC(=O)Cc1n[nH]c(=O)c2ccccc12. The molecule has 100 valence electrons. The summed E-state index contributed by atoms with van der Waals surface area (Å²) in [5.74, 6) is -0.0392. The Morgan fingerprint density at radius 2 is 2.00 bits per heavy atom. The minimum atomic E-state index is -0.335. The minimum Gasteiger partial charge on any atom is -0.465 e. The van der Waals surface area contributed by atoms with Gasteiger partial charge in [-0.3, -0.25) is 9.59 Å². The Morgan fingerprint density at radius 3 is 2.68 bits per heavy atom. The lowest BCUT2D eigenvalue weighted by atomic mass is 10.1. The van der Waals surface area contributed by atoms with Gasteiger partial charge >= 0.3 is 5.97 Å². The van der Waals surface area contributed by atoms with Gasteiger partial charge in [0.25, 0.3) is 5.56 Å². The number of rotatable bonds is 4. The van der Waals surface area contributed by atoms with Crippen molar-refractivity contribution in [1.82, 2.24) is 10.2 Å². The van der Waals surface area contributed by atoms with Crippen LogP contribution in [0.25, 0.3) is 10.8 Å². The van der Waals surface area contributed by atoms with Crippen molar-refractivity contribution in [2.45, 2.75) is 20.3 Å². The molecule has 0 bridgehead atoms. The second kappa shape index (κ2) is 5.65. The molecule has 0 amide bonds. The number of ether oxygens (including phenoxy) is 1. The molecule has 0 saturated heterocycles. The molecule has 0 fully saturated rings. The van der Waals surface area contributed by atoms with Gasteiger partial charge in [-0.1, -0.05) is 32.0 Å². The molecule has 2 rings (SSSR count). The number of aromatic amines is 1. The molecule has 0 radical (unpaired) electrons. The summed E-state index contributed by atoms with van der Waals surface area (Å²) in [7, 11) is 0. The number of H-pyrrole nitrogens is 1. The fourth-order valence-corrected chi connectivity index (χ4v) is 1.75. The number of carbonyl (C=O) groups is 1. The van der Waals surface area contributed by atoms with Gasteiger partial charge in [-0.05, 0) is 12.0 Å². The van der Waals surface area contributed by atoms with Crippen molar-refractivity contribution >= 4 is 16.7 Å². The van der Waals surface area contributed by atoms with Crippen LogP contribution in [0.5, 0.6) is 0 Å². The highest BCUT2D eigenvalue weighted by Gasteiger charge is 2.11. The molecular formula is C14H16N2O3. The van der Waals surface area contributed by atoms with Crippen LogP contribution in [0.2, 0.25) is 0 Å². The fraction of sp³-hybridized carbons (Fsp3) is 0.357. The van der Waals surface area contributed by atoms with Gasteiger partial charge < -0.3 is 4.74 Å². The molecule has 1 aromatic heterocycles. The quantitative estimate of drug-likeness (QED) is 0.849. The smallest absolute Gasteiger partial charge is 0.311 e. The Hall–Kier alpha value is -2.17. The summed E-state index contributed by atoms with van der Waals surface area (Å²) in [6, 6.07) is 7.08. The van der Waals surface area contributed by atoms with E-state index in [4.69, 9.17) is 4.74 Å². The normalized spacial score (nSPS) is 10.9. The first-order chi connectivity index (χ1) is 9.08. The van der Waals surface area contributed by atoms with E-state index in [-0.39, 0.29) is 17.9 Å². The Bertz CT molecular complexity index is 646. The number of hydrogen-bond acceptors (Lipinski definition) is 4. The first-order valence-corrected chi connectivity index (χ1v) is 6.20. The van der Waals surface area contributed by atoms with Gasteiger partial charge in [-0.25, -0.2) is 5.10 Å². The van der Waals surface area contributed by atoms with E-state index in [1.807, 2.05) is 19.9 Å². The zero-order chi connectivity index (χ0) is 13.8. The Labute approximate surface area is 110 Å². The van der Waals surface area contributed by atoms with Crippen molar-refractivity contribution < 1.29 is 9.53 Å². The largest absolute Gasteiger partial charge is 0.465 e. The predicted molar refractivity (Wildman–Crippen MR) is 71.9 cm³/mol. The maximum absolute atomic E-state index is 11.7. The van der Waals surface area contributed by atoms with Crippen molar-refractivity contribution in [1.29, 1.82) is 0 Å². The zero-order valence-corrected chi connectivity index (χ0v) is 11.0. The number of hydrogen-bond donors (Lipinski definition) is 1. The maximum atomic E-state index is 11.7. The van der Waals surface area contributed by atoms with Crippen LogP contribution >= 0.6 is 0 Å². The third-order valence-electron chi connectivity index (χ3n) is 2.66. The molecule has 1 heterocycles. The Balaban J connectivity index is 2.24. The van der Waals surface area contributed by atoms with E-state index in [1.165, 1.54) is 0 Å². The molecule has 19 heavy (non-hydrogen) atoms. The summed E-state index contributed by atoms with van der Waals surface area (Å²) < 4.78 is 5.12. The maximum Gasteiger partial charge on any atom is 0.311 e. The molecule has 0 unspecified atom stereocenters. The summed E-state index contributed by atoms with van der Waals surface area (Å²) in [5.41, 5.74) is 0.277. The predicted octanol–water partition coefficient (Wildman–Crippen LogP) is 1.66. The second-order valence-corrected chi connectivity index (χ2v) is 4.80. The number of fused-ring (bicyclic) bond motifs is 1. The van der Waals surface area contributed by atoms with Crippen molar-refractivity contribution in [3.63, 3.8) is 0 Å². The number of nitrogens with zero attached hydrogens (tertiary/aromatic N) is 1. The van der Waals surface area contributed by atoms with Gasteiger partial charge in [0.2, 0.25) is 0 Å². The van der Waals surface area contributed by atoms with E-state index in [0.717, 1.165) is 0 Å². The standard InChI is InChI=1S/C14H16N2O3/c1-9(2)8-19-13(17)7-12-10-5-3-4-6-11(10)14(18)16-15-12/h3-6,9H,7-8H2,1-2H3,(H,16,18). The first-order valence-electron chi connectivity index (χ1n) is 6.20. The topological polar surface area (TPSA) is 72.0 Å². The second-order valence-electron chi connectivity index (χ2n) is 4.80. The Morgan fingerprint density at radius 1 is 1.32 bits per heavy atom. The molecule has 1 aromatic carbocycles. The summed E-state index contributed by atoms with van der Waals surface area (Å²) in [6.45, 7) is 4.34. The van der Waals surface area contributed by atoms with Crippen LogP contribution in [0.15, 0.2) is 29.1 Å². The van der Waals surface area contributed by atoms with Crippen LogP contribution in [-0.2, 0) is 16.0 Å². The number of aromatic nitrogens is 2. The summed E-state index contributed by atoms with van der Waals surface area (Å²) in [5, 5.41) is 7.55. The van der Waals surface area contributed by atoms with Crippen molar-refractivity contribution in [2.75, 3.05) is 6.61 Å². The van der Waals surface area contributed by atoms with E-state index < -0.39 is 0 Å². The average molecular weight is 260 g/mol. The van der Waals surface area contributed by atoms with Gasteiger partial charge in [-0.15, -0.1) is 0 Å². The van der Waals surface area contributed by atoms with Gasteiger partial charge in [-0.2, -0.15) is 5.10 Å². The van der Waals surface area contributed by atoms with Crippen LogP contribution in [0.1, 0.15) is 19.5 Å². The molecule has 0 aliphatic rings. The number of benzene rings is 1. The van der Waals surface area contributed by atoms with Gasteiger partial charge in [0.15, 0.2) is 0 Å². The first kappa shape index (κ1) is 13.3. The zero-order valence-electron chi connectivity index (χ0n) is 11.0. The van der Waals surface area contributed by atoms with E-state index in [2.05, 4.69) is 10.2 Å². The highest BCUT2D eigenvalue weighted by atomic mass is 16.5. The average Bonchev–Trinajstić information content (AvgIpc) is 2.40. The molecule has 0 aliphatic heterocycles. The molecule has 0 saturated carbocycles. The van der Waals surface area contributed by atoms with Crippen LogP contribution < -0.4 is 5.56 Å². The van der Waals surface area contributed by atoms with E-state index in [9.17, 15) is 9.59 Å². The molecule has 0 spiro atoms. The number of carbonyl (C=O) groups excluding carboxylic acids is 1. The molecule has 0 atom stereocenters. The highest BCUT2D eigenvalue weighted by Crippen LogP contribution is 2.13. The molecule has 0 aliphatic carbocycles. The number of esters is 1. The fourth-order valence-electron chi connectivity index (χ4n) is 1.75. The van der Waals surface area contributed by atoms with Gasteiger partial charge in [0.1, 0.15) is 0 Å². The molecular weight excluding hydrogens is 244 g/mol. The summed E-state index contributed by atoms with van der Waals surface area (Å²) >= 11 is 0. The molecule has 5 heteroatoms. The van der Waals surface area contributed by atoms with Crippen molar-refractivity contribution in [2.24, 2.45) is 5.92 Å². The van der Waals surface area contributed by atoms with Crippen LogP contribution in [-0.4, -0.2) is 22.8 Å². The lowest BCUT2D eigenvalue weighted by Crippen LogP contribution is -2.16. The summed E-state index contributed by atoms with van der Waals surface area (Å²) in [4.78, 5) is 23.3. The van der Waals surface area contributed by atoms with Crippen molar-refractivity contribution in [3.05, 3.63) is 40.3 Å². The van der Waals surface area contributed by atoms with Crippen LogP contribution in [0.3, 0.4) is 0 Å². The highest BCUT2D eigenvalue weighted by molar-refractivity contribution is 5.86. The molecule has 5 nitrogen and oxygen atoms in total. The lowest BCUT2D eigenvalue weighted by molar-refractivity contribution is -0.143. The van der Waals surface area contributed by atoms with E-state index in [0.29, 0.717) is 29.0 Å². The van der Waals surface area contributed by atoms with Gasteiger partial charge in [0.05, 0.1) is 24.1 Å². The monoisotopic (exact) mass is 260 g/mol. The minimum absolute atomic E-state index is 0.0595.